The Labute approximate surface area is 288 Å². The number of rotatable bonds is 15. The van der Waals surface area contributed by atoms with Crippen molar-refractivity contribution < 1.29 is 19.4 Å². The van der Waals surface area contributed by atoms with Crippen LogP contribution in [0.25, 0.3) is 17.8 Å². The third-order valence-corrected chi connectivity index (χ3v) is 8.22. The molecule has 2 N–H and O–H groups in total. The number of hydrogen-bond donors (Lipinski definition) is 2. The lowest BCUT2D eigenvalue weighted by Crippen LogP contribution is -2.49. The molecule has 1 aliphatic heterocycles. The Hall–Kier alpha value is -3.61. The largest absolute Gasteiger partial charge is 0.506 e. The maximum Gasteiger partial charge on any atom is 0.265 e. The van der Waals surface area contributed by atoms with E-state index >= 15 is 0 Å². The van der Waals surface area contributed by atoms with E-state index in [1.54, 1.807) is 36.2 Å². The molecule has 1 amide bonds. The third-order valence-electron chi connectivity index (χ3n) is 8.05. The van der Waals surface area contributed by atoms with Crippen LogP contribution in [0.1, 0.15) is 55.7 Å². The fourth-order valence-electron chi connectivity index (χ4n) is 5.21. The van der Waals surface area contributed by atoms with Gasteiger partial charge in [-0.05, 0) is 44.5 Å². The summed E-state index contributed by atoms with van der Waals surface area (Å²) < 4.78 is 7.01. The molecule has 0 saturated carbocycles. The van der Waals surface area contributed by atoms with Crippen molar-refractivity contribution in [2.24, 2.45) is 0 Å². The number of likely N-dealkylation sites (N-methyl/N-ethyl adjacent to an activating group) is 2. The fourth-order valence-corrected chi connectivity index (χ4v) is 5.32. The first-order valence-corrected chi connectivity index (χ1v) is 17.1. The lowest BCUT2D eigenvalue weighted by atomic mass is 10.1. The van der Waals surface area contributed by atoms with Gasteiger partial charge >= 0.3 is 0 Å². The molecular formula is C36H51ClN6O5. The number of aromatic nitrogens is 2. The summed E-state index contributed by atoms with van der Waals surface area (Å²) in [5, 5.41) is 15.3. The van der Waals surface area contributed by atoms with Gasteiger partial charge in [0.15, 0.2) is 5.78 Å². The number of fused-ring (bicyclic) bond motifs is 1. The first-order chi connectivity index (χ1) is 23.1. The number of carbonyl (C=O) groups is 2. The van der Waals surface area contributed by atoms with Gasteiger partial charge in [0.05, 0.1) is 35.4 Å². The number of aromatic hydroxyl groups is 1. The molecule has 1 aromatic heterocycles. The van der Waals surface area contributed by atoms with E-state index in [1.165, 1.54) is 22.6 Å². The molecular weight excluding hydrogens is 632 g/mol. The van der Waals surface area contributed by atoms with Gasteiger partial charge in [-0.3, -0.25) is 23.9 Å². The summed E-state index contributed by atoms with van der Waals surface area (Å²) in [4.78, 5) is 50.3. The first-order valence-electron chi connectivity index (χ1n) is 16.7. The number of ether oxygens (including phenoxy) is 1. The average Bonchev–Trinajstić information content (AvgIpc) is 3.08. The van der Waals surface area contributed by atoms with Gasteiger partial charge in [0.2, 0.25) is 5.91 Å². The quantitative estimate of drug-likeness (QED) is 0.166. The molecule has 1 aliphatic carbocycles. The van der Waals surface area contributed by atoms with Crippen molar-refractivity contribution in [2.75, 3.05) is 66.5 Å². The van der Waals surface area contributed by atoms with Gasteiger partial charge in [0.1, 0.15) is 18.2 Å². The molecule has 2 heterocycles. The maximum absolute atomic E-state index is 13.8. The molecule has 0 bridgehead atoms. The van der Waals surface area contributed by atoms with Gasteiger partial charge in [-0.2, -0.15) is 0 Å². The van der Waals surface area contributed by atoms with Crippen molar-refractivity contribution in [1.29, 1.82) is 0 Å². The zero-order chi connectivity index (χ0) is 35.1. The van der Waals surface area contributed by atoms with E-state index in [4.69, 9.17) is 21.3 Å². The normalized spacial score (nSPS) is 15.4. The second kappa shape index (κ2) is 20.0. The lowest BCUT2D eigenvalue weighted by molar-refractivity contribution is -0.135. The Morgan fingerprint density at radius 1 is 1.19 bits per heavy atom. The molecule has 1 saturated heterocycles. The second-order valence-electron chi connectivity index (χ2n) is 12.0. The highest BCUT2D eigenvalue weighted by molar-refractivity contribution is 6.25. The van der Waals surface area contributed by atoms with Crippen molar-refractivity contribution in [3.8, 4) is 11.4 Å². The summed E-state index contributed by atoms with van der Waals surface area (Å²) in [5.41, 5.74) is 1.72. The van der Waals surface area contributed by atoms with Gasteiger partial charge in [0, 0.05) is 57.4 Å². The number of phenols is 1. The SMILES string of the molecule is C=CC(C/C=C/Cl)OCC(=O)N(C)CCNCc1nc2c(c(=O)n1-c1cc(C(=O)CN3CCN(C)CC3)ccc1O)=CCCC=2.CCC. The minimum Gasteiger partial charge on any atom is -0.506 e. The van der Waals surface area contributed by atoms with Crippen LogP contribution in [0.5, 0.6) is 5.75 Å². The highest BCUT2D eigenvalue weighted by Gasteiger charge is 2.21. The molecule has 2 aromatic rings. The first kappa shape index (κ1) is 38.8. The van der Waals surface area contributed by atoms with Crippen LogP contribution in [-0.4, -0.2) is 114 Å². The number of amides is 1. The molecule has 0 radical (unpaired) electrons. The average molecular weight is 683 g/mol. The van der Waals surface area contributed by atoms with E-state index in [-0.39, 0.29) is 54.5 Å². The van der Waals surface area contributed by atoms with E-state index in [9.17, 15) is 19.5 Å². The number of benzene rings is 1. The summed E-state index contributed by atoms with van der Waals surface area (Å²) in [6, 6.07) is 4.62. The molecule has 262 valence electrons. The second-order valence-corrected chi connectivity index (χ2v) is 12.3. The highest BCUT2D eigenvalue weighted by atomic mass is 35.5. The third kappa shape index (κ3) is 11.2. The zero-order valence-electron chi connectivity index (χ0n) is 28.8. The van der Waals surface area contributed by atoms with E-state index < -0.39 is 0 Å². The molecule has 11 nitrogen and oxygen atoms in total. The van der Waals surface area contributed by atoms with Crippen molar-refractivity contribution in [3.63, 3.8) is 0 Å². The number of ketones is 1. The number of hydrogen-bond acceptors (Lipinski definition) is 9. The highest BCUT2D eigenvalue weighted by Crippen LogP contribution is 2.23. The van der Waals surface area contributed by atoms with Gasteiger partial charge in [0.25, 0.3) is 5.56 Å². The molecule has 1 fully saturated rings. The number of piperazine rings is 1. The number of phenolic OH excluding ortho intramolecular Hbond substituents is 1. The number of nitrogens with zero attached hydrogens (tertiary/aromatic N) is 5. The summed E-state index contributed by atoms with van der Waals surface area (Å²) in [5.74, 6) is 0.00451. The van der Waals surface area contributed by atoms with Gasteiger partial charge in [-0.25, -0.2) is 4.98 Å². The van der Waals surface area contributed by atoms with Gasteiger partial charge < -0.3 is 25.0 Å². The van der Waals surface area contributed by atoms with Crippen LogP contribution in [0.2, 0.25) is 0 Å². The van der Waals surface area contributed by atoms with Crippen LogP contribution in [0.3, 0.4) is 0 Å². The van der Waals surface area contributed by atoms with Crippen LogP contribution in [-0.2, 0) is 16.1 Å². The molecule has 4 rings (SSSR count). The molecule has 1 aromatic carbocycles. The van der Waals surface area contributed by atoms with E-state index in [1.807, 2.05) is 12.2 Å². The van der Waals surface area contributed by atoms with Crippen molar-refractivity contribution in [2.45, 2.75) is 52.2 Å². The predicted octanol–water partition coefficient (Wildman–Crippen LogP) is 2.40. The van der Waals surface area contributed by atoms with E-state index in [0.717, 1.165) is 39.0 Å². The maximum atomic E-state index is 13.8. The van der Waals surface area contributed by atoms with E-state index in [0.29, 0.717) is 41.5 Å². The summed E-state index contributed by atoms with van der Waals surface area (Å²) in [7, 11) is 3.75. The minimum atomic E-state index is -0.312. The standard InChI is InChI=1S/C33H43ClN6O5.C3H8/c1-4-25(8-7-13-34)45-23-32(43)38(3)15-14-35-21-31-36-27-10-6-5-9-26(27)33(44)40(31)28-20-24(11-12-29(28)41)30(42)22-39-18-16-37(2)17-19-39;1-3-2/h4,7,9-13,20,25,35,41H,1,5-6,8,14-19,21-23H2,2-3H3;3H2,1-2H3/b13-7+;. The monoisotopic (exact) mass is 682 g/mol. The zero-order valence-corrected chi connectivity index (χ0v) is 29.5. The Morgan fingerprint density at radius 3 is 2.58 bits per heavy atom. The van der Waals surface area contributed by atoms with Crippen molar-refractivity contribution >= 4 is 35.4 Å². The fraction of sp³-hybridized carbons (Fsp3) is 0.500. The lowest BCUT2D eigenvalue weighted by Gasteiger charge is -2.31. The van der Waals surface area contributed by atoms with Gasteiger partial charge in [-0.15, -0.1) is 6.58 Å². The molecule has 2 aliphatic rings. The topological polar surface area (TPSA) is 120 Å². The molecule has 0 spiro atoms. The molecule has 48 heavy (non-hydrogen) atoms. The number of nitrogens with one attached hydrogen (secondary N) is 1. The Bertz CT molecular complexity index is 1600. The van der Waals surface area contributed by atoms with Crippen LogP contribution in [0.4, 0.5) is 0 Å². The van der Waals surface area contributed by atoms with Crippen LogP contribution in [0.15, 0.2) is 47.3 Å². The number of halogens is 1. The van der Waals surface area contributed by atoms with Crippen LogP contribution >= 0.6 is 11.6 Å². The Balaban J connectivity index is 0.00000201. The van der Waals surface area contributed by atoms with Crippen molar-refractivity contribution in [3.05, 3.63) is 74.8 Å². The van der Waals surface area contributed by atoms with Gasteiger partial charge in [-0.1, -0.05) is 56.2 Å². The molecule has 12 heteroatoms. The number of carbonyl (C=O) groups excluding carboxylic acids is 2. The van der Waals surface area contributed by atoms with E-state index in [2.05, 4.69) is 42.6 Å². The van der Waals surface area contributed by atoms with Crippen LogP contribution in [0, 0.1) is 0 Å². The Morgan fingerprint density at radius 2 is 1.90 bits per heavy atom. The summed E-state index contributed by atoms with van der Waals surface area (Å²) in [6.07, 6.45) is 10.1. The predicted molar refractivity (Wildman–Crippen MR) is 192 cm³/mol. The molecule has 1 unspecified atom stereocenters. The number of Topliss-reactive ketones (excluding diaryl/α,β-unsaturated/α-hetero) is 1. The van der Waals surface area contributed by atoms with Crippen LogP contribution < -0.4 is 21.4 Å². The Kier molecular flexibility index (Phi) is 16.2. The minimum absolute atomic E-state index is 0.0778. The van der Waals surface area contributed by atoms with Crippen molar-refractivity contribution in [1.82, 2.24) is 29.6 Å². The summed E-state index contributed by atoms with van der Waals surface area (Å²) in [6.45, 7) is 12.5. The smallest absolute Gasteiger partial charge is 0.265 e. The summed E-state index contributed by atoms with van der Waals surface area (Å²) >= 11 is 5.57. The molecule has 1 atom stereocenters.